The summed E-state index contributed by atoms with van der Waals surface area (Å²) in [5.74, 6) is -0.500. The molecule has 104 valence electrons. The number of amides is 1. The number of halogens is 1. The van der Waals surface area contributed by atoms with Crippen LogP contribution < -0.4 is 16.4 Å². The van der Waals surface area contributed by atoms with E-state index in [-0.39, 0.29) is 11.7 Å². The predicted octanol–water partition coefficient (Wildman–Crippen LogP) is 2.82. The van der Waals surface area contributed by atoms with E-state index in [9.17, 15) is 9.18 Å². The highest BCUT2D eigenvalue weighted by molar-refractivity contribution is 5.96. The van der Waals surface area contributed by atoms with Crippen LogP contribution in [0.3, 0.4) is 0 Å². The van der Waals surface area contributed by atoms with Crippen LogP contribution >= 0.6 is 0 Å². The average Bonchev–Trinajstić information content (AvgIpc) is 2.45. The number of nitrogens with two attached hydrogens (primary N) is 1. The van der Waals surface area contributed by atoms with Crippen LogP contribution in [-0.4, -0.2) is 13.0 Å². The summed E-state index contributed by atoms with van der Waals surface area (Å²) in [5.41, 5.74) is 8.53. The number of rotatable bonds is 3. The molecule has 0 radical (unpaired) electrons. The lowest BCUT2D eigenvalue weighted by Gasteiger charge is -2.13. The number of carbonyl (C=O) groups excluding carboxylic acids is 1. The Morgan fingerprint density at radius 3 is 2.65 bits per heavy atom. The Balaban J connectivity index is 2.38. The molecule has 0 bridgehead atoms. The van der Waals surface area contributed by atoms with Gasteiger partial charge in [-0.1, -0.05) is 6.07 Å². The molecule has 0 spiro atoms. The first-order chi connectivity index (χ1) is 9.52. The highest BCUT2D eigenvalue weighted by Crippen LogP contribution is 2.27. The van der Waals surface area contributed by atoms with E-state index in [4.69, 9.17) is 5.73 Å². The topological polar surface area (TPSA) is 67.2 Å². The zero-order chi connectivity index (χ0) is 14.7. The Morgan fingerprint density at radius 1 is 1.20 bits per heavy atom. The highest BCUT2D eigenvalue weighted by atomic mass is 19.1. The molecular formula is C15H16FN3O. The van der Waals surface area contributed by atoms with Crippen LogP contribution in [0.1, 0.15) is 15.9 Å². The Kier molecular flexibility index (Phi) is 3.89. The number of nitrogen functional groups attached to an aromatic ring is 1. The molecule has 5 heteroatoms. The van der Waals surface area contributed by atoms with Crippen molar-refractivity contribution in [3.8, 4) is 0 Å². The largest absolute Gasteiger partial charge is 0.397 e. The van der Waals surface area contributed by atoms with Gasteiger partial charge in [0.1, 0.15) is 5.82 Å². The average molecular weight is 273 g/mol. The van der Waals surface area contributed by atoms with Gasteiger partial charge in [0.2, 0.25) is 0 Å². The Labute approximate surface area is 116 Å². The number of carbonyl (C=O) groups is 1. The molecule has 0 aliphatic carbocycles. The third-order valence-corrected chi connectivity index (χ3v) is 3.08. The fourth-order valence-corrected chi connectivity index (χ4v) is 1.84. The second-order valence-electron chi connectivity index (χ2n) is 4.42. The van der Waals surface area contributed by atoms with Gasteiger partial charge < -0.3 is 16.4 Å². The number of anilines is 3. The van der Waals surface area contributed by atoms with Crippen molar-refractivity contribution in [1.29, 1.82) is 0 Å². The lowest BCUT2D eigenvalue weighted by molar-refractivity contribution is 0.0963. The third kappa shape index (κ3) is 2.71. The molecule has 0 fully saturated rings. The van der Waals surface area contributed by atoms with Crippen molar-refractivity contribution in [2.75, 3.05) is 18.1 Å². The van der Waals surface area contributed by atoms with E-state index in [0.29, 0.717) is 28.2 Å². The molecule has 0 heterocycles. The summed E-state index contributed by atoms with van der Waals surface area (Å²) in [6, 6.07) is 9.68. The van der Waals surface area contributed by atoms with Gasteiger partial charge in [-0.05, 0) is 37.3 Å². The smallest absolute Gasteiger partial charge is 0.251 e. The van der Waals surface area contributed by atoms with E-state index in [0.717, 1.165) is 0 Å². The van der Waals surface area contributed by atoms with E-state index in [1.807, 2.05) is 0 Å². The van der Waals surface area contributed by atoms with Gasteiger partial charge in [-0.3, -0.25) is 4.79 Å². The van der Waals surface area contributed by atoms with Crippen molar-refractivity contribution >= 4 is 23.0 Å². The fraction of sp³-hybridized carbons (Fsp3) is 0.133. The van der Waals surface area contributed by atoms with Crippen LogP contribution in [0.2, 0.25) is 0 Å². The molecule has 4 nitrogen and oxygen atoms in total. The van der Waals surface area contributed by atoms with Crippen LogP contribution in [0.4, 0.5) is 21.5 Å². The molecule has 2 aromatic carbocycles. The zero-order valence-corrected chi connectivity index (χ0v) is 11.3. The third-order valence-electron chi connectivity index (χ3n) is 3.08. The lowest BCUT2D eigenvalue weighted by atomic mass is 10.1. The first kappa shape index (κ1) is 13.9. The van der Waals surface area contributed by atoms with Gasteiger partial charge in [0.05, 0.1) is 11.4 Å². The minimum Gasteiger partial charge on any atom is -0.397 e. The second kappa shape index (κ2) is 5.61. The molecule has 0 aromatic heterocycles. The minimum absolute atomic E-state index is 0.205. The van der Waals surface area contributed by atoms with Gasteiger partial charge in [0, 0.05) is 23.9 Å². The standard InChI is InChI=1S/C15H16FN3O/c1-9-11(16)4-3-5-13(9)19-14-8-10(15(20)18-2)6-7-12(14)17/h3-8,19H,17H2,1-2H3,(H,18,20). The first-order valence-electron chi connectivity index (χ1n) is 6.16. The Bertz CT molecular complexity index is 656. The van der Waals surface area contributed by atoms with E-state index in [1.54, 1.807) is 44.3 Å². The second-order valence-corrected chi connectivity index (χ2v) is 4.42. The molecule has 20 heavy (non-hydrogen) atoms. The summed E-state index contributed by atoms with van der Waals surface area (Å²) in [6.07, 6.45) is 0. The lowest BCUT2D eigenvalue weighted by Crippen LogP contribution is -2.18. The van der Waals surface area contributed by atoms with Gasteiger partial charge in [-0.25, -0.2) is 4.39 Å². The summed E-state index contributed by atoms with van der Waals surface area (Å²) in [4.78, 5) is 11.6. The Morgan fingerprint density at radius 2 is 1.95 bits per heavy atom. The monoisotopic (exact) mass is 273 g/mol. The fourth-order valence-electron chi connectivity index (χ4n) is 1.84. The SMILES string of the molecule is CNC(=O)c1ccc(N)c(Nc2cccc(F)c2C)c1. The van der Waals surface area contributed by atoms with Crippen molar-refractivity contribution in [2.45, 2.75) is 6.92 Å². The zero-order valence-electron chi connectivity index (χ0n) is 11.3. The van der Waals surface area contributed by atoms with Gasteiger partial charge in [-0.15, -0.1) is 0 Å². The molecule has 0 aliphatic rings. The molecule has 1 amide bonds. The van der Waals surface area contributed by atoms with Crippen LogP contribution in [0, 0.1) is 12.7 Å². The number of nitrogens with one attached hydrogen (secondary N) is 2. The molecular weight excluding hydrogens is 257 g/mol. The summed E-state index contributed by atoms with van der Waals surface area (Å²) < 4.78 is 13.5. The van der Waals surface area contributed by atoms with Crippen molar-refractivity contribution in [1.82, 2.24) is 5.32 Å². The van der Waals surface area contributed by atoms with E-state index < -0.39 is 0 Å². The molecule has 2 rings (SSSR count). The molecule has 4 N–H and O–H groups in total. The highest BCUT2D eigenvalue weighted by Gasteiger charge is 2.09. The molecule has 0 unspecified atom stereocenters. The number of benzene rings is 2. The summed E-state index contributed by atoms with van der Waals surface area (Å²) >= 11 is 0. The van der Waals surface area contributed by atoms with Crippen molar-refractivity contribution < 1.29 is 9.18 Å². The maximum atomic E-state index is 13.5. The van der Waals surface area contributed by atoms with E-state index in [2.05, 4.69) is 10.6 Å². The molecule has 0 atom stereocenters. The van der Waals surface area contributed by atoms with Crippen LogP contribution in [0.25, 0.3) is 0 Å². The minimum atomic E-state index is -0.295. The van der Waals surface area contributed by atoms with Gasteiger partial charge in [-0.2, -0.15) is 0 Å². The summed E-state index contributed by atoms with van der Waals surface area (Å²) in [6.45, 7) is 1.68. The Hall–Kier alpha value is -2.56. The number of hydrogen-bond donors (Lipinski definition) is 3. The van der Waals surface area contributed by atoms with E-state index in [1.165, 1.54) is 6.07 Å². The van der Waals surface area contributed by atoms with Crippen LogP contribution in [-0.2, 0) is 0 Å². The maximum absolute atomic E-state index is 13.5. The van der Waals surface area contributed by atoms with Crippen LogP contribution in [0.5, 0.6) is 0 Å². The van der Waals surface area contributed by atoms with Gasteiger partial charge >= 0.3 is 0 Å². The first-order valence-corrected chi connectivity index (χ1v) is 6.16. The maximum Gasteiger partial charge on any atom is 0.251 e. The number of hydrogen-bond acceptors (Lipinski definition) is 3. The van der Waals surface area contributed by atoms with Gasteiger partial charge in [0.25, 0.3) is 5.91 Å². The van der Waals surface area contributed by atoms with Crippen molar-refractivity contribution in [3.63, 3.8) is 0 Å². The predicted molar refractivity (Wildman–Crippen MR) is 78.7 cm³/mol. The van der Waals surface area contributed by atoms with Crippen molar-refractivity contribution in [2.24, 2.45) is 0 Å². The van der Waals surface area contributed by atoms with Crippen LogP contribution in [0.15, 0.2) is 36.4 Å². The normalized spacial score (nSPS) is 10.2. The summed E-state index contributed by atoms with van der Waals surface area (Å²) in [7, 11) is 1.56. The molecule has 0 saturated heterocycles. The molecule has 2 aromatic rings. The molecule has 0 aliphatic heterocycles. The van der Waals surface area contributed by atoms with Gasteiger partial charge in [0.15, 0.2) is 0 Å². The molecule has 0 saturated carbocycles. The van der Waals surface area contributed by atoms with E-state index >= 15 is 0 Å². The summed E-state index contributed by atoms with van der Waals surface area (Å²) in [5, 5.41) is 5.60. The quantitative estimate of drug-likeness (QED) is 0.753. The van der Waals surface area contributed by atoms with Crippen molar-refractivity contribution in [3.05, 3.63) is 53.3 Å².